The van der Waals surface area contributed by atoms with E-state index in [1.807, 2.05) is 31.4 Å². The molecule has 0 aliphatic carbocycles. The molecule has 2 heterocycles. The first-order chi connectivity index (χ1) is 11.7. The number of aromatic amines is 1. The Morgan fingerprint density at radius 2 is 2.08 bits per heavy atom. The Bertz CT molecular complexity index is 714. The van der Waals surface area contributed by atoms with Gasteiger partial charge in [-0.15, -0.1) is 11.3 Å². The standard InChI is InChI=1S/C18H25N3O3S/c1-11(2)15-12(9-19-21-15)17(23)24-10-14(22)20-16(18(3,4)5)13-7-6-8-25-13/h6-9,11,16H,10H2,1-5H3,(H,19,21)(H,20,22)/t16-/m0/s1. The lowest BCUT2D eigenvalue weighted by molar-refractivity contribution is -0.125. The fourth-order valence-corrected chi connectivity index (χ4v) is 3.50. The second-order valence-corrected chi connectivity index (χ2v) is 8.29. The van der Waals surface area contributed by atoms with E-state index in [0.717, 1.165) is 4.88 Å². The SMILES string of the molecule is CC(C)c1[nH]ncc1C(=O)OCC(=O)N[C@@H](c1cccs1)C(C)(C)C. The summed E-state index contributed by atoms with van der Waals surface area (Å²) in [5, 5.41) is 11.6. The number of rotatable bonds is 6. The molecular formula is C18H25N3O3S. The van der Waals surface area contributed by atoms with E-state index in [9.17, 15) is 9.59 Å². The number of amides is 1. The van der Waals surface area contributed by atoms with E-state index in [2.05, 4.69) is 36.3 Å². The molecule has 0 spiro atoms. The van der Waals surface area contributed by atoms with E-state index in [1.165, 1.54) is 6.20 Å². The van der Waals surface area contributed by atoms with Crippen LogP contribution in [0.2, 0.25) is 0 Å². The van der Waals surface area contributed by atoms with Gasteiger partial charge in [-0.1, -0.05) is 40.7 Å². The molecular weight excluding hydrogens is 338 g/mol. The lowest BCUT2D eigenvalue weighted by atomic mass is 9.86. The number of aromatic nitrogens is 2. The molecule has 0 aromatic carbocycles. The van der Waals surface area contributed by atoms with Crippen LogP contribution in [0, 0.1) is 5.41 Å². The number of nitrogens with one attached hydrogen (secondary N) is 2. The number of hydrogen-bond donors (Lipinski definition) is 2. The molecule has 0 aliphatic rings. The van der Waals surface area contributed by atoms with Gasteiger partial charge in [0, 0.05) is 4.88 Å². The predicted molar refractivity (Wildman–Crippen MR) is 97.6 cm³/mol. The molecule has 6 nitrogen and oxygen atoms in total. The summed E-state index contributed by atoms with van der Waals surface area (Å²) < 4.78 is 5.16. The van der Waals surface area contributed by atoms with Gasteiger partial charge in [0.2, 0.25) is 0 Å². The van der Waals surface area contributed by atoms with Gasteiger partial charge < -0.3 is 10.1 Å². The molecule has 0 aliphatic heterocycles. The molecule has 1 atom stereocenters. The molecule has 0 bridgehead atoms. The van der Waals surface area contributed by atoms with Gasteiger partial charge in [0.25, 0.3) is 5.91 Å². The number of nitrogens with zero attached hydrogens (tertiary/aromatic N) is 1. The van der Waals surface area contributed by atoms with E-state index in [0.29, 0.717) is 11.3 Å². The van der Waals surface area contributed by atoms with Crippen LogP contribution < -0.4 is 5.32 Å². The number of carbonyl (C=O) groups excluding carboxylic acids is 2. The highest BCUT2D eigenvalue weighted by Crippen LogP contribution is 2.35. The van der Waals surface area contributed by atoms with Gasteiger partial charge >= 0.3 is 5.97 Å². The van der Waals surface area contributed by atoms with Gasteiger partial charge in [-0.2, -0.15) is 5.10 Å². The molecule has 0 radical (unpaired) electrons. The average Bonchev–Trinajstić information content (AvgIpc) is 3.19. The van der Waals surface area contributed by atoms with Crippen LogP contribution in [0.4, 0.5) is 0 Å². The van der Waals surface area contributed by atoms with Crippen molar-refractivity contribution >= 4 is 23.2 Å². The zero-order valence-electron chi connectivity index (χ0n) is 15.3. The average molecular weight is 363 g/mol. The van der Waals surface area contributed by atoms with Gasteiger partial charge in [-0.05, 0) is 22.8 Å². The lowest BCUT2D eigenvalue weighted by Gasteiger charge is -2.30. The molecule has 1 amide bonds. The Morgan fingerprint density at radius 1 is 1.36 bits per heavy atom. The molecule has 2 rings (SSSR count). The Labute approximate surface area is 152 Å². The van der Waals surface area contributed by atoms with E-state index < -0.39 is 5.97 Å². The van der Waals surface area contributed by atoms with Crippen molar-refractivity contribution in [3.05, 3.63) is 39.8 Å². The minimum Gasteiger partial charge on any atom is -0.452 e. The van der Waals surface area contributed by atoms with Crippen LogP contribution in [0.3, 0.4) is 0 Å². The van der Waals surface area contributed by atoms with Crippen molar-refractivity contribution in [1.29, 1.82) is 0 Å². The third kappa shape index (κ3) is 4.92. The maximum absolute atomic E-state index is 12.3. The molecule has 0 saturated carbocycles. The summed E-state index contributed by atoms with van der Waals surface area (Å²) in [7, 11) is 0. The minimum absolute atomic E-state index is 0.114. The van der Waals surface area contributed by atoms with Crippen LogP contribution in [-0.4, -0.2) is 28.7 Å². The largest absolute Gasteiger partial charge is 0.452 e. The van der Waals surface area contributed by atoms with Gasteiger partial charge in [-0.3, -0.25) is 9.89 Å². The smallest absolute Gasteiger partial charge is 0.342 e. The summed E-state index contributed by atoms with van der Waals surface area (Å²) in [6.45, 7) is 9.76. The molecule has 7 heteroatoms. The molecule has 136 valence electrons. The maximum atomic E-state index is 12.3. The van der Waals surface area contributed by atoms with Crippen molar-refractivity contribution in [1.82, 2.24) is 15.5 Å². The first-order valence-corrected chi connectivity index (χ1v) is 9.11. The highest BCUT2D eigenvalue weighted by molar-refractivity contribution is 7.10. The zero-order valence-corrected chi connectivity index (χ0v) is 16.1. The van der Waals surface area contributed by atoms with Crippen molar-refractivity contribution in [3.63, 3.8) is 0 Å². The normalized spacial score (nSPS) is 12.9. The van der Waals surface area contributed by atoms with Crippen LogP contribution in [-0.2, 0) is 9.53 Å². The van der Waals surface area contributed by atoms with Gasteiger partial charge in [-0.25, -0.2) is 4.79 Å². The maximum Gasteiger partial charge on any atom is 0.342 e. The van der Waals surface area contributed by atoms with Crippen LogP contribution >= 0.6 is 11.3 Å². The Morgan fingerprint density at radius 3 is 2.64 bits per heavy atom. The highest BCUT2D eigenvalue weighted by atomic mass is 32.1. The summed E-state index contributed by atoms with van der Waals surface area (Å²) in [6, 6.07) is 3.81. The number of carbonyl (C=O) groups is 2. The van der Waals surface area contributed by atoms with Gasteiger partial charge in [0.1, 0.15) is 5.56 Å². The minimum atomic E-state index is -0.545. The summed E-state index contributed by atoms with van der Waals surface area (Å²) in [4.78, 5) is 25.5. The second kappa shape index (κ2) is 7.82. The van der Waals surface area contributed by atoms with Crippen molar-refractivity contribution < 1.29 is 14.3 Å². The van der Waals surface area contributed by atoms with Crippen molar-refractivity contribution in [2.45, 2.75) is 46.6 Å². The fraction of sp³-hybridized carbons (Fsp3) is 0.500. The summed E-state index contributed by atoms with van der Waals surface area (Å²) in [5.41, 5.74) is 0.921. The number of esters is 1. The van der Waals surface area contributed by atoms with Gasteiger partial charge in [0.05, 0.1) is 17.9 Å². The van der Waals surface area contributed by atoms with Crippen molar-refractivity contribution in [2.24, 2.45) is 5.41 Å². The van der Waals surface area contributed by atoms with Crippen LogP contribution in [0.25, 0.3) is 0 Å². The number of H-pyrrole nitrogens is 1. The third-order valence-electron chi connectivity index (χ3n) is 3.80. The number of ether oxygens (including phenoxy) is 1. The first kappa shape index (κ1) is 19.2. The molecule has 0 saturated heterocycles. The predicted octanol–water partition coefficient (Wildman–Crippen LogP) is 3.66. The Kier molecular flexibility index (Phi) is 6.00. The molecule has 2 aromatic rings. The molecule has 2 aromatic heterocycles. The molecule has 2 N–H and O–H groups in total. The second-order valence-electron chi connectivity index (χ2n) is 7.31. The van der Waals surface area contributed by atoms with Crippen LogP contribution in [0.15, 0.2) is 23.7 Å². The summed E-state index contributed by atoms with van der Waals surface area (Å²) >= 11 is 1.59. The lowest BCUT2D eigenvalue weighted by Crippen LogP contribution is -2.38. The third-order valence-corrected chi connectivity index (χ3v) is 4.74. The zero-order chi connectivity index (χ0) is 18.6. The van der Waals surface area contributed by atoms with E-state index in [4.69, 9.17) is 4.74 Å². The van der Waals surface area contributed by atoms with E-state index in [1.54, 1.807) is 11.3 Å². The summed E-state index contributed by atoms with van der Waals surface area (Å²) in [6.07, 6.45) is 1.43. The Balaban J connectivity index is 1.97. The van der Waals surface area contributed by atoms with Crippen LogP contribution in [0.1, 0.15) is 67.5 Å². The van der Waals surface area contributed by atoms with Crippen molar-refractivity contribution in [2.75, 3.05) is 6.61 Å². The number of thiophene rings is 1. The Hall–Kier alpha value is -2.15. The topological polar surface area (TPSA) is 84.1 Å². The summed E-state index contributed by atoms with van der Waals surface area (Å²) in [5.74, 6) is -0.754. The number of hydrogen-bond acceptors (Lipinski definition) is 5. The van der Waals surface area contributed by atoms with Crippen LogP contribution in [0.5, 0.6) is 0 Å². The van der Waals surface area contributed by atoms with E-state index in [-0.39, 0.29) is 29.9 Å². The van der Waals surface area contributed by atoms with Crippen molar-refractivity contribution in [3.8, 4) is 0 Å². The van der Waals surface area contributed by atoms with Gasteiger partial charge in [0.15, 0.2) is 6.61 Å². The van der Waals surface area contributed by atoms with E-state index >= 15 is 0 Å². The molecule has 0 fully saturated rings. The molecule has 0 unspecified atom stereocenters. The fourth-order valence-electron chi connectivity index (χ4n) is 2.48. The molecule has 25 heavy (non-hydrogen) atoms. The quantitative estimate of drug-likeness (QED) is 0.767. The monoisotopic (exact) mass is 363 g/mol. The highest BCUT2D eigenvalue weighted by Gasteiger charge is 2.29. The first-order valence-electron chi connectivity index (χ1n) is 8.23.